The summed E-state index contributed by atoms with van der Waals surface area (Å²) < 4.78 is 5.00. The fourth-order valence-electron chi connectivity index (χ4n) is 0.990. The minimum Gasteiger partial charge on any atom is -0.496 e. The predicted molar refractivity (Wildman–Crippen MR) is 48.8 cm³/mol. The topological polar surface area (TPSA) is 65.2 Å². The van der Waals surface area contributed by atoms with Crippen molar-refractivity contribution in [2.75, 3.05) is 7.11 Å². The number of ether oxygens (including phenoxy) is 1. The van der Waals surface area contributed by atoms with E-state index in [1.165, 1.54) is 13.3 Å². The second-order valence-corrected chi connectivity index (χ2v) is 2.73. The van der Waals surface area contributed by atoms with Gasteiger partial charge >= 0.3 is 0 Å². The Morgan fingerprint density at radius 2 is 2.38 bits per heavy atom. The Morgan fingerprint density at radius 1 is 1.69 bits per heavy atom. The van der Waals surface area contributed by atoms with E-state index in [0.717, 1.165) is 0 Å². The van der Waals surface area contributed by atoms with Gasteiger partial charge in [-0.15, -0.1) is 0 Å². The van der Waals surface area contributed by atoms with Crippen LogP contribution in [0.3, 0.4) is 0 Å². The Hall–Kier alpha value is -1.42. The van der Waals surface area contributed by atoms with Gasteiger partial charge in [0.1, 0.15) is 5.75 Å². The number of aromatic nitrogens is 1. The molecule has 0 amide bonds. The van der Waals surface area contributed by atoms with Crippen LogP contribution in [0.15, 0.2) is 18.5 Å². The van der Waals surface area contributed by atoms with E-state index in [4.69, 9.17) is 10.5 Å². The molecule has 13 heavy (non-hydrogen) atoms. The van der Waals surface area contributed by atoms with Crippen LogP contribution in [0.1, 0.15) is 17.3 Å². The number of carbonyl (C=O) groups is 1. The van der Waals surface area contributed by atoms with E-state index < -0.39 is 6.04 Å². The normalized spacial score (nSPS) is 12.2. The minimum absolute atomic E-state index is 0.162. The quantitative estimate of drug-likeness (QED) is 0.692. The van der Waals surface area contributed by atoms with Crippen LogP contribution < -0.4 is 10.5 Å². The van der Waals surface area contributed by atoms with Crippen molar-refractivity contribution in [2.45, 2.75) is 13.0 Å². The van der Waals surface area contributed by atoms with Crippen LogP contribution in [0.4, 0.5) is 0 Å². The van der Waals surface area contributed by atoms with Gasteiger partial charge in [-0.05, 0) is 13.0 Å². The van der Waals surface area contributed by atoms with Crippen LogP contribution >= 0.6 is 0 Å². The molecule has 0 aromatic carbocycles. The number of nitrogens with zero attached hydrogens (tertiary/aromatic N) is 1. The number of hydrogen-bond donors (Lipinski definition) is 1. The smallest absolute Gasteiger partial charge is 0.184 e. The third kappa shape index (κ3) is 2.03. The number of rotatable bonds is 3. The number of nitrogens with two attached hydrogens (primary N) is 1. The van der Waals surface area contributed by atoms with E-state index in [9.17, 15) is 4.79 Å². The zero-order chi connectivity index (χ0) is 9.84. The summed E-state index contributed by atoms with van der Waals surface area (Å²) in [7, 11) is 1.51. The molecule has 0 saturated heterocycles. The summed E-state index contributed by atoms with van der Waals surface area (Å²) in [5.74, 6) is 0.349. The Morgan fingerprint density at radius 3 is 2.92 bits per heavy atom. The summed E-state index contributed by atoms with van der Waals surface area (Å²) in [6, 6.07) is 1.10. The van der Waals surface area contributed by atoms with Gasteiger partial charge in [0.25, 0.3) is 0 Å². The third-order valence-electron chi connectivity index (χ3n) is 1.68. The van der Waals surface area contributed by atoms with Gasteiger partial charge in [0.2, 0.25) is 0 Å². The van der Waals surface area contributed by atoms with Crippen molar-refractivity contribution in [1.82, 2.24) is 4.98 Å². The van der Waals surface area contributed by atoms with E-state index >= 15 is 0 Å². The van der Waals surface area contributed by atoms with Crippen molar-refractivity contribution in [3.05, 3.63) is 24.0 Å². The monoisotopic (exact) mass is 180 g/mol. The molecule has 2 N–H and O–H groups in total. The Labute approximate surface area is 76.7 Å². The molecule has 1 aromatic rings. The van der Waals surface area contributed by atoms with Crippen LogP contribution in [0.5, 0.6) is 5.75 Å². The lowest BCUT2D eigenvalue weighted by Gasteiger charge is -2.07. The van der Waals surface area contributed by atoms with Gasteiger partial charge in [-0.1, -0.05) is 0 Å². The predicted octanol–water partition coefficient (Wildman–Crippen LogP) is 0.620. The highest BCUT2D eigenvalue weighted by atomic mass is 16.5. The van der Waals surface area contributed by atoms with Crippen LogP contribution in [-0.4, -0.2) is 23.9 Å². The first kappa shape index (κ1) is 9.67. The van der Waals surface area contributed by atoms with Crippen molar-refractivity contribution in [1.29, 1.82) is 0 Å². The molecule has 0 unspecified atom stereocenters. The maximum absolute atomic E-state index is 11.5. The van der Waals surface area contributed by atoms with Gasteiger partial charge in [0, 0.05) is 12.4 Å². The number of pyridine rings is 1. The first-order valence-electron chi connectivity index (χ1n) is 3.94. The average Bonchev–Trinajstić information content (AvgIpc) is 2.16. The SMILES string of the molecule is COc1ccncc1C(=O)[C@H](C)N. The number of methoxy groups -OCH3 is 1. The highest BCUT2D eigenvalue weighted by Crippen LogP contribution is 2.16. The Bertz CT molecular complexity index is 310. The lowest BCUT2D eigenvalue weighted by molar-refractivity contribution is 0.0964. The summed E-state index contributed by atoms with van der Waals surface area (Å²) in [5.41, 5.74) is 5.89. The standard InChI is InChI=1S/C9H12N2O2/c1-6(10)9(12)7-5-11-4-3-8(7)13-2/h3-6H,10H2,1-2H3/t6-/m0/s1. The van der Waals surface area contributed by atoms with Crippen molar-refractivity contribution in [3.8, 4) is 5.75 Å². The maximum atomic E-state index is 11.5. The fourth-order valence-corrected chi connectivity index (χ4v) is 0.990. The summed E-state index contributed by atoms with van der Waals surface area (Å²) in [5, 5.41) is 0. The van der Waals surface area contributed by atoms with E-state index in [2.05, 4.69) is 4.98 Å². The third-order valence-corrected chi connectivity index (χ3v) is 1.68. The molecule has 0 saturated carbocycles. The van der Waals surface area contributed by atoms with Gasteiger partial charge in [0.05, 0.1) is 18.7 Å². The van der Waals surface area contributed by atoms with Crippen LogP contribution in [0, 0.1) is 0 Å². The largest absolute Gasteiger partial charge is 0.496 e. The zero-order valence-corrected chi connectivity index (χ0v) is 7.65. The van der Waals surface area contributed by atoms with Gasteiger partial charge in [-0.25, -0.2) is 0 Å². The van der Waals surface area contributed by atoms with Crippen LogP contribution in [-0.2, 0) is 0 Å². The Kier molecular flexibility index (Phi) is 2.97. The molecular weight excluding hydrogens is 168 g/mol. The van der Waals surface area contributed by atoms with Crippen LogP contribution in [0.2, 0.25) is 0 Å². The molecule has 1 atom stereocenters. The molecule has 0 bridgehead atoms. The lowest BCUT2D eigenvalue weighted by atomic mass is 10.1. The number of ketones is 1. The summed E-state index contributed by atoms with van der Waals surface area (Å²) in [6.07, 6.45) is 3.03. The Balaban J connectivity index is 3.06. The highest BCUT2D eigenvalue weighted by Gasteiger charge is 2.15. The van der Waals surface area contributed by atoms with Gasteiger partial charge in [0.15, 0.2) is 5.78 Å². The second kappa shape index (κ2) is 4.00. The van der Waals surface area contributed by atoms with Crippen molar-refractivity contribution >= 4 is 5.78 Å². The molecule has 1 aromatic heterocycles. The summed E-state index contributed by atoms with van der Waals surface area (Å²) in [4.78, 5) is 15.3. The van der Waals surface area contributed by atoms with Crippen molar-refractivity contribution < 1.29 is 9.53 Å². The maximum Gasteiger partial charge on any atom is 0.184 e. The molecule has 70 valence electrons. The van der Waals surface area contributed by atoms with Gasteiger partial charge in [-0.3, -0.25) is 9.78 Å². The number of carbonyl (C=O) groups excluding carboxylic acids is 1. The summed E-state index contributed by atoms with van der Waals surface area (Å²) >= 11 is 0. The van der Waals surface area contributed by atoms with Crippen molar-refractivity contribution in [2.24, 2.45) is 5.73 Å². The first-order valence-corrected chi connectivity index (χ1v) is 3.94. The van der Waals surface area contributed by atoms with Crippen LogP contribution in [0.25, 0.3) is 0 Å². The number of Topliss-reactive ketones (excluding diaryl/α,β-unsaturated/α-hetero) is 1. The van der Waals surface area contributed by atoms with E-state index in [1.807, 2.05) is 0 Å². The molecule has 0 spiro atoms. The fraction of sp³-hybridized carbons (Fsp3) is 0.333. The highest BCUT2D eigenvalue weighted by molar-refractivity contribution is 6.01. The van der Waals surface area contributed by atoms with E-state index in [0.29, 0.717) is 11.3 Å². The molecular formula is C9H12N2O2. The molecule has 0 radical (unpaired) electrons. The first-order chi connectivity index (χ1) is 6.16. The second-order valence-electron chi connectivity index (χ2n) is 2.73. The molecule has 0 fully saturated rings. The summed E-state index contributed by atoms with van der Waals surface area (Å²) in [6.45, 7) is 1.63. The molecule has 4 heteroatoms. The molecule has 1 rings (SSSR count). The minimum atomic E-state index is -0.530. The molecule has 4 nitrogen and oxygen atoms in total. The molecule has 0 aliphatic carbocycles. The molecule has 1 heterocycles. The van der Waals surface area contributed by atoms with Gasteiger partial charge < -0.3 is 10.5 Å². The average molecular weight is 180 g/mol. The van der Waals surface area contributed by atoms with Crippen molar-refractivity contribution in [3.63, 3.8) is 0 Å². The number of hydrogen-bond acceptors (Lipinski definition) is 4. The lowest BCUT2D eigenvalue weighted by Crippen LogP contribution is -2.27. The van der Waals surface area contributed by atoms with E-state index in [1.54, 1.807) is 19.2 Å². The van der Waals surface area contributed by atoms with E-state index in [-0.39, 0.29) is 5.78 Å². The zero-order valence-electron chi connectivity index (χ0n) is 7.65. The molecule has 0 aliphatic heterocycles. The molecule has 0 aliphatic rings. The van der Waals surface area contributed by atoms with Gasteiger partial charge in [-0.2, -0.15) is 0 Å².